The summed E-state index contributed by atoms with van der Waals surface area (Å²) < 4.78 is 26.9. The minimum Gasteiger partial charge on any atom is -0.354 e. The molecule has 1 heterocycles. The van der Waals surface area contributed by atoms with Crippen LogP contribution in [0.2, 0.25) is 0 Å². The molecule has 2 aromatic carbocycles. The molecule has 0 unspecified atom stereocenters. The summed E-state index contributed by atoms with van der Waals surface area (Å²) in [5, 5.41) is 12.0. The molecule has 0 radical (unpaired) electrons. The summed E-state index contributed by atoms with van der Waals surface area (Å²) in [6.07, 6.45) is 1.99. The van der Waals surface area contributed by atoms with E-state index in [9.17, 15) is 8.42 Å². The van der Waals surface area contributed by atoms with Crippen molar-refractivity contribution in [2.45, 2.75) is 6.42 Å². The third-order valence-electron chi connectivity index (χ3n) is 3.83. The smallest absolute Gasteiger partial charge is 0.234 e. The van der Waals surface area contributed by atoms with E-state index in [0.29, 0.717) is 17.7 Å². The number of anilines is 3. The van der Waals surface area contributed by atoms with Crippen LogP contribution in [0.3, 0.4) is 0 Å². The Bertz CT molecular complexity index is 1030. The van der Waals surface area contributed by atoms with Crippen LogP contribution in [0, 0.1) is 11.3 Å². The number of rotatable bonds is 7. The zero-order chi connectivity index (χ0) is 19.1. The fourth-order valence-corrected chi connectivity index (χ4v) is 3.48. The highest BCUT2D eigenvalue weighted by Crippen LogP contribution is 2.18. The Balaban J connectivity index is 1.58. The first-order valence-corrected chi connectivity index (χ1v) is 9.97. The van der Waals surface area contributed by atoms with Crippen LogP contribution >= 0.6 is 0 Å². The van der Waals surface area contributed by atoms with Gasteiger partial charge in [-0.05, 0) is 48.4 Å². The monoisotopic (exact) mass is 378 g/mol. The van der Waals surface area contributed by atoms with E-state index in [4.69, 9.17) is 5.26 Å². The molecular formula is C20H18N4O2S. The van der Waals surface area contributed by atoms with Gasteiger partial charge in [-0.15, -0.1) is 0 Å². The predicted molar refractivity (Wildman–Crippen MR) is 106 cm³/mol. The summed E-state index contributed by atoms with van der Waals surface area (Å²) in [6, 6.07) is 21.9. The quantitative estimate of drug-likeness (QED) is 0.654. The molecule has 1 aromatic heterocycles. The number of nitrogens with one attached hydrogen (secondary N) is 2. The number of nitrogens with zero attached hydrogens (tertiary/aromatic N) is 2. The number of pyridine rings is 1. The Morgan fingerprint density at radius 2 is 1.63 bits per heavy atom. The average molecular weight is 378 g/mol. The largest absolute Gasteiger partial charge is 0.354 e. The first-order chi connectivity index (χ1) is 13.0. The molecule has 0 aliphatic rings. The zero-order valence-electron chi connectivity index (χ0n) is 14.5. The van der Waals surface area contributed by atoms with Gasteiger partial charge >= 0.3 is 0 Å². The van der Waals surface area contributed by atoms with E-state index >= 15 is 0 Å². The summed E-state index contributed by atoms with van der Waals surface area (Å²) in [5.74, 6) is 0.262. The molecule has 0 atom stereocenters. The van der Waals surface area contributed by atoms with E-state index in [1.807, 2.05) is 30.3 Å². The second-order valence-electron chi connectivity index (χ2n) is 5.90. The number of nitriles is 1. The van der Waals surface area contributed by atoms with E-state index in [-0.39, 0.29) is 11.6 Å². The van der Waals surface area contributed by atoms with Gasteiger partial charge in [-0.25, -0.2) is 13.4 Å². The van der Waals surface area contributed by atoms with Crippen molar-refractivity contribution < 1.29 is 8.42 Å². The fraction of sp³-hybridized carbons (Fsp3) is 0.100. The molecule has 0 aliphatic heterocycles. The summed E-state index contributed by atoms with van der Waals surface area (Å²) in [7, 11) is -3.48. The van der Waals surface area contributed by atoms with Crippen LogP contribution in [0.15, 0.2) is 72.9 Å². The van der Waals surface area contributed by atoms with Crippen molar-refractivity contribution in [2.24, 2.45) is 0 Å². The van der Waals surface area contributed by atoms with Crippen LogP contribution in [0.25, 0.3) is 0 Å². The van der Waals surface area contributed by atoms with Crippen LogP contribution < -0.4 is 10.0 Å². The molecule has 0 spiro atoms. The maximum atomic E-state index is 12.2. The lowest BCUT2D eigenvalue weighted by Gasteiger charge is -2.09. The fourth-order valence-electron chi connectivity index (χ4n) is 2.43. The molecule has 0 saturated heterocycles. The van der Waals surface area contributed by atoms with Gasteiger partial charge in [-0.3, -0.25) is 4.72 Å². The first kappa shape index (κ1) is 18.4. The van der Waals surface area contributed by atoms with Crippen molar-refractivity contribution in [2.75, 3.05) is 15.8 Å². The Labute approximate surface area is 158 Å². The van der Waals surface area contributed by atoms with Crippen molar-refractivity contribution in [3.63, 3.8) is 0 Å². The van der Waals surface area contributed by atoms with Crippen molar-refractivity contribution in [1.82, 2.24) is 4.98 Å². The Morgan fingerprint density at radius 1 is 0.926 bits per heavy atom. The highest BCUT2D eigenvalue weighted by Gasteiger charge is 2.11. The molecule has 0 amide bonds. The highest BCUT2D eigenvalue weighted by atomic mass is 32.2. The molecule has 6 nitrogen and oxygen atoms in total. The van der Waals surface area contributed by atoms with Gasteiger partial charge in [0.05, 0.1) is 29.3 Å². The summed E-state index contributed by atoms with van der Waals surface area (Å²) in [6.45, 7) is 0. The van der Waals surface area contributed by atoms with E-state index < -0.39 is 10.0 Å². The maximum absolute atomic E-state index is 12.2. The number of aryl methyl sites for hydroxylation is 1. The normalized spacial score (nSPS) is 10.8. The molecular weight excluding hydrogens is 360 g/mol. The van der Waals surface area contributed by atoms with Gasteiger partial charge in [0.1, 0.15) is 5.82 Å². The predicted octanol–water partition coefficient (Wildman–Crippen LogP) is 3.68. The maximum Gasteiger partial charge on any atom is 0.234 e. The Morgan fingerprint density at radius 3 is 2.26 bits per heavy atom. The third-order valence-corrected chi connectivity index (χ3v) is 5.09. The van der Waals surface area contributed by atoms with E-state index in [0.717, 1.165) is 11.3 Å². The van der Waals surface area contributed by atoms with Crippen LogP contribution in [-0.2, 0) is 16.4 Å². The minimum absolute atomic E-state index is 0.00998. The van der Waals surface area contributed by atoms with E-state index in [1.54, 1.807) is 42.6 Å². The third kappa shape index (κ3) is 5.56. The van der Waals surface area contributed by atoms with E-state index in [2.05, 4.69) is 21.1 Å². The Kier molecular flexibility index (Phi) is 5.69. The summed E-state index contributed by atoms with van der Waals surface area (Å²) in [5.41, 5.74) is 3.08. The lowest BCUT2D eigenvalue weighted by atomic mass is 10.2. The molecule has 0 bridgehead atoms. The standard InChI is InChI=1S/C20H18N4O2S/c21-14-17-6-8-18(9-7-17)23-19-10-11-20(22-15-19)24-27(25,26)13-12-16-4-2-1-3-5-16/h1-11,15,23H,12-13H2,(H,22,24). The number of aromatic nitrogens is 1. The van der Waals surface area contributed by atoms with Crippen molar-refractivity contribution in [1.29, 1.82) is 5.26 Å². The zero-order valence-corrected chi connectivity index (χ0v) is 15.3. The molecule has 7 heteroatoms. The molecule has 3 aromatic rings. The van der Waals surface area contributed by atoms with Crippen LogP contribution in [-0.4, -0.2) is 19.2 Å². The molecule has 27 heavy (non-hydrogen) atoms. The molecule has 2 N–H and O–H groups in total. The van der Waals surface area contributed by atoms with Gasteiger partial charge < -0.3 is 5.32 Å². The number of benzene rings is 2. The molecule has 136 valence electrons. The Hall–Kier alpha value is -3.37. The van der Waals surface area contributed by atoms with Crippen molar-refractivity contribution in [3.8, 4) is 6.07 Å². The topological polar surface area (TPSA) is 94.9 Å². The summed E-state index contributed by atoms with van der Waals surface area (Å²) in [4.78, 5) is 4.14. The van der Waals surface area contributed by atoms with Gasteiger partial charge in [0.15, 0.2) is 0 Å². The van der Waals surface area contributed by atoms with Gasteiger partial charge in [0.2, 0.25) is 10.0 Å². The lowest BCUT2D eigenvalue weighted by molar-refractivity contribution is 0.600. The first-order valence-electron chi connectivity index (χ1n) is 8.32. The average Bonchev–Trinajstić information content (AvgIpc) is 2.69. The SMILES string of the molecule is N#Cc1ccc(Nc2ccc(NS(=O)(=O)CCc3ccccc3)nc2)cc1. The number of hydrogen-bond donors (Lipinski definition) is 2. The van der Waals surface area contributed by atoms with Crippen molar-refractivity contribution >= 4 is 27.2 Å². The van der Waals surface area contributed by atoms with Gasteiger partial charge in [0, 0.05) is 5.69 Å². The second kappa shape index (κ2) is 8.34. The van der Waals surface area contributed by atoms with Crippen molar-refractivity contribution in [3.05, 3.63) is 84.1 Å². The van der Waals surface area contributed by atoms with Gasteiger partial charge in [-0.2, -0.15) is 5.26 Å². The van der Waals surface area contributed by atoms with Gasteiger partial charge in [-0.1, -0.05) is 30.3 Å². The molecule has 0 aliphatic carbocycles. The van der Waals surface area contributed by atoms with Gasteiger partial charge in [0.25, 0.3) is 0 Å². The highest BCUT2D eigenvalue weighted by molar-refractivity contribution is 7.92. The minimum atomic E-state index is -3.48. The number of hydrogen-bond acceptors (Lipinski definition) is 5. The molecule has 3 rings (SSSR count). The number of sulfonamides is 1. The second-order valence-corrected chi connectivity index (χ2v) is 7.74. The lowest BCUT2D eigenvalue weighted by Crippen LogP contribution is -2.18. The molecule has 0 saturated carbocycles. The van der Waals surface area contributed by atoms with Crippen LogP contribution in [0.4, 0.5) is 17.2 Å². The van der Waals surface area contributed by atoms with Crippen LogP contribution in [0.5, 0.6) is 0 Å². The van der Waals surface area contributed by atoms with E-state index in [1.165, 1.54) is 0 Å². The van der Waals surface area contributed by atoms with Crippen LogP contribution in [0.1, 0.15) is 11.1 Å². The molecule has 0 fully saturated rings. The summed E-state index contributed by atoms with van der Waals surface area (Å²) >= 11 is 0.